The summed E-state index contributed by atoms with van der Waals surface area (Å²) >= 11 is 6.14. The lowest BCUT2D eigenvalue weighted by Gasteiger charge is -2.07. The summed E-state index contributed by atoms with van der Waals surface area (Å²) in [6, 6.07) is 9.45. The van der Waals surface area contributed by atoms with Crippen LogP contribution >= 0.6 is 11.6 Å². The number of nitrogens with one attached hydrogen (secondary N) is 2. The van der Waals surface area contributed by atoms with Crippen molar-refractivity contribution in [3.8, 4) is 17.1 Å². The summed E-state index contributed by atoms with van der Waals surface area (Å²) in [5.41, 5.74) is 0.917. The van der Waals surface area contributed by atoms with Gasteiger partial charge in [0.15, 0.2) is 0 Å². The Kier molecular flexibility index (Phi) is 6.92. The predicted molar refractivity (Wildman–Crippen MR) is 92.0 cm³/mol. The second-order valence-corrected chi connectivity index (χ2v) is 5.75. The van der Waals surface area contributed by atoms with E-state index in [0.29, 0.717) is 23.9 Å². The molecule has 0 bridgehead atoms. The van der Waals surface area contributed by atoms with E-state index in [2.05, 4.69) is 10.6 Å². The fourth-order valence-electron chi connectivity index (χ4n) is 2.15. The number of hydrogen-bond acceptors (Lipinski definition) is 5. The minimum Gasteiger partial charge on any atom is -0.495 e. The molecule has 6 heteroatoms. The molecule has 0 fully saturated rings. The average Bonchev–Trinajstić information content (AvgIpc) is 2.99. The number of halogens is 1. The smallest absolute Gasteiger partial charge is 0.137 e. The molecule has 0 aliphatic carbocycles. The van der Waals surface area contributed by atoms with E-state index in [1.165, 1.54) is 0 Å². The number of hydrogen-bond donors (Lipinski definition) is 3. The highest BCUT2D eigenvalue weighted by Gasteiger charge is 2.08. The molecule has 1 atom stereocenters. The normalized spacial score (nSPS) is 12.3. The zero-order valence-corrected chi connectivity index (χ0v) is 14.2. The lowest BCUT2D eigenvalue weighted by molar-refractivity contribution is 0.191. The van der Waals surface area contributed by atoms with Crippen LogP contribution in [0.25, 0.3) is 11.3 Å². The molecule has 2 rings (SSSR count). The van der Waals surface area contributed by atoms with Gasteiger partial charge in [-0.15, -0.1) is 0 Å². The quantitative estimate of drug-likeness (QED) is 0.613. The SMILES string of the molecule is COc1ccc(-c2ccc(CNCCNC[C@H](C)O)o2)cc1Cl. The van der Waals surface area contributed by atoms with Gasteiger partial charge in [-0.05, 0) is 37.3 Å². The lowest BCUT2D eigenvalue weighted by Crippen LogP contribution is -2.31. The van der Waals surface area contributed by atoms with Crippen molar-refractivity contribution >= 4 is 11.6 Å². The highest BCUT2D eigenvalue weighted by molar-refractivity contribution is 6.32. The summed E-state index contributed by atoms with van der Waals surface area (Å²) in [4.78, 5) is 0. The first-order valence-electron chi connectivity index (χ1n) is 7.62. The van der Waals surface area contributed by atoms with Crippen LogP contribution in [0.2, 0.25) is 5.02 Å². The Bertz CT molecular complexity index is 614. The zero-order chi connectivity index (χ0) is 16.7. The molecular weight excluding hydrogens is 316 g/mol. The Balaban J connectivity index is 1.82. The summed E-state index contributed by atoms with van der Waals surface area (Å²) < 4.78 is 11.0. The van der Waals surface area contributed by atoms with E-state index in [9.17, 15) is 0 Å². The van der Waals surface area contributed by atoms with Crippen molar-refractivity contribution in [3.63, 3.8) is 0 Å². The largest absolute Gasteiger partial charge is 0.495 e. The number of aliphatic hydroxyl groups is 1. The molecule has 1 aromatic carbocycles. The van der Waals surface area contributed by atoms with Gasteiger partial charge in [-0.1, -0.05) is 11.6 Å². The van der Waals surface area contributed by atoms with Crippen LogP contribution in [0.1, 0.15) is 12.7 Å². The first kappa shape index (κ1) is 17.8. The molecule has 2 aromatic rings. The number of methoxy groups -OCH3 is 1. The molecule has 0 aliphatic rings. The predicted octanol–water partition coefficient (Wildman–Crippen LogP) is 2.67. The Morgan fingerprint density at radius 1 is 1.22 bits per heavy atom. The molecule has 1 heterocycles. The first-order valence-corrected chi connectivity index (χ1v) is 8.00. The highest BCUT2D eigenvalue weighted by atomic mass is 35.5. The van der Waals surface area contributed by atoms with E-state index in [1.54, 1.807) is 14.0 Å². The Morgan fingerprint density at radius 3 is 2.70 bits per heavy atom. The number of rotatable bonds is 9. The van der Waals surface area contributed by atoms with Crippen molar-refractivity contribution in [2.24, 2.45) is 0 Å². The molecule has 126 valence electrons. The Hall–Kier alpha value is -1.53. The van der Waals surface area contributed by atoms with Crippen molar-refractivity contribution < 1.29 is 14.3 Å². The second kappa shape index (κ2) is 8.93. The third-order valence-electron chi connectivity index (χ3n) is 3.32. The molecule has 23 heavy (non-hydrogen) atoms. The molecule has 0 radical (unpaired) electrons. The van der Waals surface area contributed by atoms with Crippen LogP contribution in [-0.2, 0) is 6.54 Å². The minimum absolute atomic E-state index is 0.320. The first-order chi connectivity index (χ1) is 11.1. The van der Waals surface area contributed by atoms with Gasteiger partial charge >= 0.3 is 0 Å². The molecule has 0 saturated carbocycles. The van der Waals surface area contributed by atoms with Crippen molar-refractivity contribution in [2.45, 2.75) is 19.6 Å². The van der Waals surface area contributed by atoms with Gasteiger partial charge in [0.25, 0.3) is 0 Å². The molecule has 1 aromatic heterocycles. The fourth-order valence-corrected chi connectivity index (χ4v) is 2.40. The number of furan rings is 1. The third kappa shape index (κ3) is 5.55. The zero-order valence-electron chi connectivity index (χ0n) is 13.4. The summed E-state index contributed by atoms with van der Waals surface area (Å²) in [6.45, 7) is 4.62. The van der Waals surface area contributed by atoms with Gasteiger partial charge < -0.3 is 24.9 Å². The molecule has 0 saturated heterocycles. The van der Waals surface area contributed by atoms with E-state index in [4.69, 9.17) is 25.9 Å². The highest BCUT2D eigenvalue weighted by Crippen LogP contribution is 2.30. The summed E-state index contributed by atoms with van der Waals surface area (Å²) in [5, 5.41) is 16.1. The van der Waals surface area contributed by atoms with Crippen LogP contribution in [0, 0.1) is 0 Å². The topological polar surface area (TPSA) is 66.7 Å². The van der Waals surface area contributed by atoms with E-state index >= 15 is 0 Å². The second-order valence-electron chi connectivity index (χ2n) is 5.35. The van der Waals surface area contributed by atoms with Gasteiger partial charge in [0.05, 0.1) is 24.8 Å². The van der Waals surface area contributed by atoms with Crippen molar-refractivity contribution in [3.05, 3.63) is 41.1 Å². The maximum atomic E-state index is 9.14. The molecule has 0 amide bonds. The monoisotopic (exact) mass is 338 g/mol. The molecule has 0 unspecified atom stereocenters. The van der Waals surface area contributed by atoms with Crippen LogP contribution in [0.3, 0.4) is 0 Å². The fraction of sp³-hybridized carbons (Fsp3) is 0.412. The van der Waals surface area contributed by atoms with E-state index in [0.717, 1.165) is 30.2 Å². The van der Waals surface area contributed by atoms with Gasteiger partial charge in [-0.25, -0.2) is 0 Å². The van der Waals surface area contributed by atoms with Crippen molar-refractivity contribution in [1.82, 2.24) is 10.6 Å². The molecule has 0 aliphatic heterocycles. The van der Waals surface area contributed by atoms with Crippen LogP contribution in [0.5, 0.6) is 5.75 Å². The van der Waals surface area contributed by atoms with Gasteiger partial charge in [0.2, 0.25) is 0 Å². The molecule has 0 spiro atoms. The molecule has 5 nitrogen and oxygen atoms in total. The Morgan fingerprint density at radius 2 is 2.00 bits per heavy atom. The van der Waals surface area contributed by atoms with Gasteiger partial charge in [-0.3, -0.25) is 0 Å². The van der Waals surface area contributed by atoms with Gasteiger partial charge in [-0.2, -0.15) is 0 Å². The van der Waals surface area contributed by atoms with Crippen LogP contribution in [0.15, 0.2) is 34.7 Å². The van der Waals surface area contributed by atoms with Gasteiger partial charge in [0, 0.05) is 25.2 Å². The van der Waals surface area contributed by atoms with Crippen LogP contribution in [-0.4, -0.2) is 38.0 Å². The summed E-state index contributed by atoms with van der Waals surface area (Å²) in [5.74, 6) is 2.29. The summed E-state index contributed by atoms with van der Waals surface area (Å²) in [6.07, 6.45) is -0.320. The number of benzene rings is 1. The average molecular weight is 339 g/mol. The lowest BCUT2D eigenvalue weighted by atomic mass is 10.2. The van der Waals surface area contributed by atoms with Crippen molar-refractivity contribution in [1.29, 1.82) is 0 Å². The van der Waals surface area contributed by atoms with Crippen molar-refractivity contribution in [2.75, 3.05) is 26.7 Å². The van der Waals surface area contributed by atoms with Crippen LogP contribution < -0.4 is 15.4 Å². The van der Waals surface area contributed by atoms with Gasteiger partial charge in [0.1, 0.15) is 17.3 Å². The third-order valence-corrected chi connectivity index (χ3v) is 3.61. The standard InChI is InChI=1S/C17H23ClN2O3/c1-12(21)10-19-7-8-20-11-14-4-6-16(23-14)13-3-5-17(22-2)15(18)9-13/h3-6,9,12,19-21H,7-8,10-11H2,1-2H3/t12-/m0/s1. The minimum atomic E-state index is -0.320. The van der Waals surface area contributed by atoms with E-state index in [1.807, 2.05) is 30.3 Å². The number of ether oxygens (including phenoxy) is 1. The maximum Gasteiger partial charge on any atom is 0.137 e. The Labute approximate surface area is 141 Å². The summed E-state index contributed by atoms with van der Waals surface area (Å²) in [7, 11) is 1.59. The molecular formula is C17H23ClN2O3. The maximum absolute atomic E-state index is 9.14. The van der Waals surface area contributed by atoms with Crippen LogP contribution in [0.4, 0.5) is 0 Å². The van der Waals surface area contributed by atoms with E-state index in [-0.39, 0.29) is 6.10 Å². The van der Waals surface area contributed by atoms with E-state index < -0.39 is 0 Å². The number of aliphatic hydroxyl groups excluding tert-OH is 1. The molecule has 3 N–H and O–H groups in total.